The van der Waals surface area contributed by atoms with Gasteiger partial charge in [0.25, 0.3) is 0 Å². The summed E-state index contributed by atoms with van der Waals surface area (Å²) in [5.41, 5.74) is 2.66. The first-order valence-corrected chi connectivity index (χ1v) is 7.89. The van der Waals surface area contributed by atoms with Crippen molar-refractivity contribution in [2.45, 2.75) is 57.7 Å². The molecule has 0 radical (unpaired) electrons. The lowest BCUT2D eigenvalue weighted by atomic mass is 10.0. The third kappa shape index (κ3) is 3.04. The monoisotopic (exact) mass is 272 g/mol. The highest BCUT2D eigenvalue weighted by Crippen LogP contribution is 2.23. The van der Waals surface area contributed by atoms with E-state index in [-0.39, 0.29) is 6.04 Å². The van der Waals surface area contributed by atoms with Crippen molar-refractivity contribution >= 4 is 5.91 Å². The number of benzene rings is 1. The molecular weight excluding hydrogens is 248 g/mol. The number of carbonyl (C=O) groups is 1. The molecule has 20 heavy (non-hydrogen) atoms. The van der Waals surface area contributed by atoms with E-state index in [2.05, 4.69) is 36.5 Å². The minimum Gasteiger partial charge on any atom is -0.337 e. The molecule has 3 nitrogen and oxygen atoms in total. The highest BCUT2D eigenvalue weighted by atomic mass is 16.2. The molecule has 1 aromatic carbocycles. The van der Waals surface area contributed by atoms with Gasteiger partial charge in [-0.25, -0.2) is 0 Å². The predicted molar refractivity (Wildman–Crippen MR) is 80.4 cm³/mol. The molecule has 0 aromatic heterocycles. The summed E-state index contributed by atoms with van der Waals surface area (Å²) in [7, 11) is 0. The summed E-state index contributed by atoms with van der Waals surface area (Å²) in [6.45, 7) is 3.85. The Morgan fingerprint density at radius 1 is 1.20 bits per heavy atom. The van der Waals surface area contributed by atoms with Crippen LogP contribution >= 0.6 is 0 Å². The fourth-order valence-electron chi connectivity index (χ4n) is 3.05. The van der Waals surface area contributed by atoms with Gasteiger partial charge in [0.2, 0.25) is 5.91 Å². The predicted octanol–water partition coefficient (Wildman–Crippen LogP) is 2.49. The van der Waals surface area contributed by atoms with Gasteiger partial charge in [-0.1, -0.05) is 31.2 Å². The first-order valence-electron chi connectivity index (χ1n) is 7.89. The van der Waals surface area contributed by atoms with E-state index in [0.717, 1.165) is 32.4 Å². The fraction of sp³-hybridized carbons (Fsp3) is 0.588. The Morgan fingerprint density at radius 2 is 1.95 bits per heavy atom. The Morgan fingerprint density at radius 3 is 2.65 bits per heavy atom. The second-order valence-electron chi connectivity index (χ2n) is 6.02. The minimum absolute atomic E-state index is 0.0602. The van der Waals surface area contributed by atoms with Crippen molar-refractivity contribution in [3.8, 4) is 0 Å². The molecule has 1 aliphatic heterocycles. The third-order valence-corrected chi connectivity index (χ3v) is 4.41. The molecule has 1 aromatic rings. The van der Waals surface area contributed by atoms with E-state index in [1.165, 1.54) is 24.0 Å². The highest BCUT2D eigenvalue weighted by molar-refractivity contribution is 5.82. The van der Waals surface area contributed by atoms with Crippen molar-refractivity contribution < 1.29 is 4.79 Å². The summed E-state index contributed by atoms with van der Waals surface area (Å²) in [5.74, 6) is 0.300. The normalized spacial score (nSPS) is 23.1. The van der Waals surface area contributed by atoms with Crippen molar-refractivity contribution in [1.82, 2.24) is 10.2 Å². The molecule has 1 N–H and O–H groups in total. The number of piperidine rings is 1. The van der Waals surface area contributed by atoms with Gasteiger partial charge in [0.1, 0.15) is 0 Å². The van der Waals surface area contributed by atoms with E-state index in [4.69, 9.17) is 0 Å². The summed E-state index contributed by atoms with van der Waals surface area (Å²) in [6, 6.07) is 9.14. The van der Waals surface area contributed by atoms with E-state index in [1.54, 1.807) is 0 Å². The maximum absolute atomic E-state index is 12.6. The minimum atomic E-state index is 0.0602. The number of amides is 1. The molecule has 1 saturated heterocycles. The number of aryl methyl sites for hydroxylation is 1. The Hall–Kier alpha value is -1.35. The number of nitrogens with zero attached hydrogens (tertiary/aromatic N) is 1. The molecule has 2 aliphatic rings. The van der Waals surface area contributed by atoms with E-state index < -0.39 is 0 Å². The molecule has 1 heterocycles. The molecule has 1 aliphatic carbocycles. The van der Waals surface area contributed by atoms with Crippen molar-refractivity contribution in [3.05, 3.63) is 35.4 Å². The summed E-state index contributed by atoms with van der Waals surface area (Å²) >= 11 is 0. The van der Waals surface area contributed by atoms with Gasteiger partial charge in [0, 0.05) is 19.1 Å². The first-order chi connectivity index (χ1) is 9.78. The van der Waals surface area contributed by atoms with Crippen LogP contribution in [0.1, 0.15) is 43.7 Å². The van der Waals surface area contributed by atoms with E-state index >= 15 is 0 Å². The van der Waals surface area contributed by atoms with Crippen LogP contribution in [-0.2, 0) is 17.8 Å². The third-order valence-electron chi connectivity index (χ3n) is 4.41. The van der Waals surface area contributed by atoms with Gasteiger partial charge in [-0.3, -0.25) is 4.79 Å². The maximum atomic E-state index is 12.6. The van der Waals surface area contributed by atoms with Crippen LogP contribution in [0.15, 0.2) is 24.3 Å². The molecule has 3 heteroatoms. The van der Waals surface area contributed by atoms with Crippen LogP contribution in [0.5, 0.6) is 0 Å². The Labute approximate surface area is 121 Å². The van der Waals surface area contributed by atoms with Gasteiger partial charge in [-0.15, -0.1) is 0 Å². The summed E-state index contributed by atoms with van der Waals surface area (Å²) in [4.78, 5) is 14.6. The van der Waals surface area contributed by atoms with Crippen LogP contribution in [0, 0.1) is 0 Å². The van der Waals surface area contributed by atoms with Crippen molar-refractivity contribution in [3.63, 3.8) is 0 Å². The van der Waals surface area contributed by atoms with Gasteiger partial charge >= 0.3 is 0 Å². The molecule has 3 rings (SSSR count). The van der Waals surface area contributed by atoms with Crippen molar-refractivity contribution in [2.24, 2.45) is 0 Å². The number of carbonyl (C=O) groups excluding carboxylic acids is 1. The van der Waals surface area contributed by atoms with Gasteiger partial charge in [0.15, 0.2) is 0 Å². The van der Waals surface area contributed by atoms with Crippen LogP contribution in [0.3, 0.4) is 0 Å². The topological polar surface area (TPSA) is 32.3 Å². The van der Waals surface area contributed by atoms with Crippen LogP contribution in [0.4, 0.5) is 0 Å². The zero-order valence-corrected chi connectivity index (χ0v) is 12.3. The zero-order valence-electron chi connectivity index (χ0n) is 12.3. The average molecular weight is 272 g/mol. The maximum Gasteiger partial charge on any atom is 0.240 e. The molecule has 1 amide bonds. The van der Waals surface area contributed by atoms with Gasteiger partial charge in [0.05, 0.1) is 6.04 Å². The van der Waals surface area contributed by atoms with Crippen LogP contribution in [0.2, 0.25) is 0 Å². The first kappa shape index (κ1) is 13.6. The highest BCUT2D eigenvalue weighted by Gasteiger charge is 2.33. The Balaban J connectivity index is 1.67. The lowest BCUT2D eigenvalue weighted by Crippen LogP contribution is -2.50. The second-order valence-corrected chi connectivity index (χ2v) is 6.02. The van der Waals surface area contributed by atoms with Gasteiger partial charge in [-0.05, 0) is 43.2 Å². The number of rotatable bonds is 5. The SMILES string of the molecule is CCc1ccccc1CN1CCCC(NC2CC2)C1=O. The average Bonchev–Trinajstić information content (AvgIpc) is 3.28. The lowest BCUT2D eigenvalue weighted by molar-refractivity contribution is -0.136. The number of hydrogen-bond acceptors (Lipinski definition) is 2. The second kappa shape index (κ2) is 5.96. The summed E-state index contributed by atoms with van der Waals surface area (Å²) in [6.07, 6.45) is 5.62. The van der Waals surface area contributed by atoms with Crippen LogP contribution in [-0.4, -0.2) is 29.4 Å². The molecule has 2 fully saturated rings. The van der Waals surface area contributed by atoms with Crippen LogP contribution in [0.25, 0.3) is 0 Å². The summed E-state index contributed by atoms with van der Waals surface area (Å²) < 4.78 is 0. The smallest absolute Gasteiger partial charge is 0.240 e. The molecule has 0 bridgehead atoms. The quantitative estimate of drug-likeness (QED) is 0.893. The van der Waals surface area contributed by atoms with Crippen molar-refractivity contribution in [2.75, 3.05) is 6.54 Å². The fourth-order valence-corrected chi connectivity index (χ4v) is 3.05. The standard InChI is InChI=1S/C17H24N2O/c1-2-13-6-3-4-7-14(13)12-19-11-5-8-16(17(19)20)18-15-9-10-15/h3-4,6-7,15-16,18H,2,5,8-12H2,1H3. The summed E-state index contributed by atoms with van der Waals surface area (Å²) in [5, 5.41) is 3.50. The Kier molecular flexibility index (Phi) is 4.06. The Bertz CT molecular complexity index is 482. The lowest BCUT2D eigenvalue weighted by Gasteiger charge is -2.33. The van der Waals surface area contributed by atoms with Gasteiger partial charge in [-0.2, -0.15) is 0 Å². The largest absolute Gasteiger partial charge is 0.337 e. The van der Waals surface area contributed by atoms with E-state index in [0.29, 0.717) is 11.9 Å². The zero-order chi connectivity index (χ0) is 13.9. The van der Waals surface area contributed by atoms with Gasteiger partial charge < -0.3 is 10.2 Å². The number of nitrogens with one attached hydrogen (secondary N) is 1. The molecule has 1 unspecified atom stereocenters. The molecule has 1 atom stereocenters. The van der Waals surface area contributed by atoms with Crippen molar-refractivity contribution in [1.29, 1.82) is 0 Å². The molecular formula is C17H24N2O. The molecule has 108 valence electrons. The van der Waals surface area contributed by atoms with E-state index in [9.17, 15) is 4.79 Å². The van der Waals surface area contributed by atoms with Crippen LogP contribution < -0.4 is 5.32 Å². The molecule has 0 spiro atoms. The van der Waals surface area contributed by atoms with E-state index in [1.807, 2.05) is 4.90 Å². The number of likely N-dealkylation sites (tertiary alicyclic amines) is 1. The number of hydrogen-bond donors (Lipinski definition) is 1. The molecule has 1 saturated carbocycles.